The van der Waals surface area contributed by atoms with E-state index in [0.717, 1.165) is 0 Å². The number of halogens is 2. The van der Waals surface area contributed by atoms with Crippen molar-refractivity contribution >= 4 is 40.5 Å². The van der Waals surface area contributed by atoms with Crippen molar-refractivity contribution in [3.8, 4) is 0 Å². The maximum absolute atomic E-state index is 12.4. The fourth-order valence-corrected chi connectivity index (χ4v) is 13.6. The number of aliphatic hydroxyl groups excluding tert-OH is 14. The van der Waals surface area contributed by atoms with E-state index >= 15 is 0 Å². The molecular weight excluding hydrogens is 1390 g/mol. The van der Waals surface area contributed by atoms with E-state index in [-0.39, 0.29) is 98.4 Å². The van der Waals surface area contributed by atoms with Crippen LogP contribution in [0.3, 0.4) is 0 Å². The molecular formula is C52H98I2O32. The molecule has 512 valence electrons. The molecule has 5 heterocycles. The second kappa shape index (κ2) is 40.4. The molecule has 25 atom stereocenters. The molecule has 0 spiro atoms. The molecule has 86 heavy (non-hydrogen) atoms. The molecule has 5 aliphatic heterocycles. The molecule has 0 aliphatic carbocycles. The standard InChI is InChI=1S/C52H98I2O32/c1-27(2)34-30(23-70-15-8-56)78-50(45(36(34)64)73-18-11-59)83-42-29(21-62)77-51(46(40(42)68)74-19-12-60)84-44-33(26-76-41-31(24-71-16-9-57)81-52(86-54(5)6)47(39(41)67)75-20-13-61)80-49(38(66)37(44)65)82-43-32(25-72-17-10-58)79-48(85-53(3)4)28(35(43)63)22-69-14-7-55/h27-52,55-68H,7-26H2,1-6H3/t28?,29?,30?,31?,32?,33?,34-,35?,36?,37?,38?,39?,40?,41+,42+,43+,44+,45?,46?,47?,48+,49+,50+,51+,52+/m1/s1. The summed E-state index contributed by atoms with van der Waals surface area (Å²) in [6.07, 6.45) is -35.0. The second-order valence-electron chi connectivity index (χ2n) is 21.3. The van der Waals surface area contributed by atoms with Gasteiger partial charge >= 0.3 is 343 Å². The van der Waals surface area contributed by atoms with Crippen LogP contribution in [0.25, 0.3) is 0 Å². The Morgan fingerprint density at radius 2 is 0.709 bits per heavy atom. The molecule has 0 aromatic heterocycles. The molecule has 15 unspecified atom stereocenters. The zero-order valence-electron chi connectivity index (χ0n) is 49.5. The Labute approximate surface area is 516 Å². The minimum Gasteiger partial charge on any atom is -0.394 e. The van der Waals surface area contributed by atoms with E-state index in [9.17, 15) is 71.5 Å². The number of ether oxygens (including phenoxy) is 16. The van der Waals surface area contributed by atoms with Gasteiger partial charge in [0, 0.05) is 5.92 Å². The third-order valence-corrected chi connectivity index (χ3v) is 17.6. The van der Waals surface area contributed by atoms with Gasteiger partial charge < -0.3 is 54.3 Å². The third kappa shape index (κ3) is 21.9. The van der Waals surface area contributed by atoms with Gasteiger partial charge in [0.05, 0.1) is 65.1 Å². The average molecular weight is 1490 g/mol. The number of alkyl halides is 4. The van der Waals surface area contributed by atoms with Gasteiger partial charge in [-0.05, 0) is 5.92 Å². The van der Waals surface area contributed by atoms with Gasteiger partial charge in [-0.3, -0.25) is 0 Å². The fraction of sp³-hybridized carbons (Fsp3) is 1.00. The monoisotopic (exact) mass is 1490 g/mol. The van der Waals surface area contributed by atoms with Crippen LogP contribution in [-0.4, -0.2) is 365 Å². The summed E-state index contributed by atoms with van der Waals surface area (Å²) in [5, 5.41) is 152. The normalized spacial score (nSPS) is 39.2. The predicted octanol–water partition coefficient (Wildman–Crippen LogP) is -6.24. The Morgan fingerprint density at radius 1 is 0.337 bits per heavy atom. The number of aliphatic hydroxyl groups is 14. The molecule has 0 saturated carbocycles. The van der Waals surface area contributed by atoms with Crippen molar-refractivity contribution < 1.29 is 153 Å². The van der Waals surface area contributed by atoms with Crippen LogP contribution in [-0.2, 0) is 81.9 Å². The van der Waals surface area contributed by atoms with Crippen LogP contribution in [0.2, 0.25) is 0 Å². The zero-order chi connectivity index (χ0) is 63.0. The Bertz CT molecular complexity index is 1780. The van der Waals surface area contributed by atoms with Crippen molar-refractivity contribution in [1.82, 2.24) is 0 Å². The first-order valence-electron chi connectivity index (χ1n) is 28.7. The summed E-state index contributed by atoms with van der Waals surface area (Å²) in [4.78, 5) is 7.52. The molecule has 0 bridgehead atoms. The van der Waals surface area contributed by atoms with E-state index in [0.29, 0.717) is 0 Å². The van der Waals surface area contributed by atoms with Crippen molar-refractivity contribution in [2.45, 2.75) is 155 Å². The van der Waals surface area contributed by atoms with Crippen LogP contribution in [0.4, 0.5) is 0 Å². The van der Waals surface area contributed by atoms with Crippen LogP contribution in [0.1, 0.15) is 13.8 Å². The van der Waals surface area contributed by atoms with E-state index in [4.69, 9.17) is 81.9 Å². The second-order valence-corrected chi connectivity index (χ2v) is 30.2. The summed E-state index contributed by atoms with van der Waals surface area (Å²) in [5.74, 6) is -1.82. The van der Waals surface area contributed by atoms with Crippen LogP contribution in [0, 0.1) is 17.8 Å². The van der Waals surface area contributed by atoms with Crippen molar-refractivity contribution in [3.05, 3.63) is 0 Å². The van der Waals surface area contributed by atoms with Gasteiger partial charge in [-0.2, -0.15) is 0 Å². The van der Waals surface area contributed by atoms with Gasteiger partial charge in [0.25, 0.3) is 0 Å². The van der Waals surface area contributed by atoms with E-state index in [1.807, 2.05) is 33.6 Å². The van der Waals surface area contributed by atoms with Gasteiger partial charge in [0.2, 0.25) is 0 Å². The molecule has 32 nitrogen and oxygen atoms in total. The Hall–Kier alpha value is 0.180. The van der Waals surface area contributed by atoms with Gasteiger partial charge in [-0.15, -0.1) is 0 Å². The first kappa shape index (κ1) is 76.9. The predicted molar refractivity (Wildman–Crippen MR) is 309 cm³/mol. The molecule has 5 fully saturated rings. The van der Waals surface area contributed by atoms with Gasteiger partial charge in [-0.1, -0.05) is 13.8 Å². The van der Waals surface area contributed by atoms with E-state index in [1.54, 1.807) is 0 Å². The zero-order valence-corrected chi connectivity index (χ0v) is 53.8. The van der Waals surface area contributed by atoms with Crippen LogP contribution in [0.5, 0.6) is 0 Å². The summed E-state index contributed by atoms with van der Waals surface area (Å²) in [5.41, 5.74) is 0. The molecule has 34 heteroatoms. The molecule has 5 rings (SSSR count). The minimum atomic E-state index is -2.11. The van der Waals surface area contributed by atoms with Gasteiger partial charge in [0.15, 0.2) is 6.29 Å². The molecule has 0 amide bonds. The van der Waals surface area contributed by atoms with Crippen LogP contribution < -0.4 is 0 Å². The molecule has 0 aromatic rings. The van der Waals surface area contributed by atoms with Crippen molar-refractivity contribution in [3.63, 3.8) is 0 Å². The van der Waals surface area contributed by atoms with Gasteiger partial charge in [0.1, 0.15) is 24.4 Å². The summed E-state index contributed by atoms with van der Waals surface area (Å²) < 4.78 is 110. The molecule has 0 aromatic carbocycles. The van der Waals surface area contributed by atoms with Crippen molar-refractivity contribution in [2.75, 3.05) is 152 Å². The first-order valence-corrected chi connectivity index (χ1v) is 39.0. The molecule has 14 N–H and O–H groups in total. The van der Waals surface area contributed by atoms with E-state index in [1.165, 1.54) is 0 Å². The number of hydrogen-bond acceptors (Lipinski definition) is 32. The fourth-order valence-electron chi connectivity index (χ4n) is 10.7. The summed E-state index contributed by atoms with van der Waals surface area (Å²) in [7, 11) is 0. The SMILES string of the molecule is CC(C)[C@@H]1C(COCCO)O[C@@H](O[C@H]2C(CO)O[C@@H](O[C@H]3C(CO[C@H]4C(COCCO)O[C@@H](OI(C)C)C(OCCO)C4O)O[C@@H](O[C@H]4C(COCCO)O[C@@H](OI(C)C)C(COCCO)C4O)C(O)C3O)C(OCCO)C2O)C(OCCO)C1O. The van der Waals surface area contributed by atoms with Crippen LogP contribution in [0.15, 0.2) is 0 Å². The summed E-state index contributed by atoms with van der Waals surface area (Å²) in [6.45, 7) is -3.17. The third-order valence-electron chi connectivity index (χ3n) is 14.5. The Balaban J connectivity index is 1.54. The number of hydrogen-bond donors (Lipinski definition) is 14. The number of rotatable bonds is 40. The molecule has 0 radical (unpaired) electrons. The summed E-state index contributed by atoms with van der Waals surface area (Å²) >= 11 is -4.19. The quantitative estimate of drug-likeness (QED) is 0.0154. The topological polar surface area (TPSA) is 449 Å². The van der Waals surface area contributed by atoms with Crippen molar-refractivity contribution in [1.29, 1.82) is 0 Å². The smallest absolute Gasteiger partial charge is 0.394 e. The van der Waals surface area contributed by atoms with E-state index in [2.05, 4.69) is 0 Å². The van der Waals surface area contributed by atoms with Gasteiger partial charge in [-0.25, -0.2) is 0 Å². The van der Waals surface area contributed by atoms with E-state index < -0.39 is 233 Å². The molecule has 5 saturated heterocycles. The average Bonchev–Trinajstić information content (AvgIpc) is 1.73. The van der Waals surface area contributed by atoms with Crippen LogP contribution >= 0.6 is 40.5 Å². The minimum absolute atomic E-state index is 0.0594. The molecule has 5 aliphatic rings. The maximum atomic E-state index is 12.4. The first-order chi connectivity index (χ1) is 41.3. The Morgan fingerprint density at radius 3 is 1.21 bits per heavy atom. The van der Waals surface area contributed by atoms with Crippen molar-refractivity contribution in [2.24, 2.45) is 17.8 Å². The summed E-state index contributed by atoms with van der Waals surface area (Å²) in [6, 6.07) is 0. The Kier molecular flexibility index (Phi) is 36.2.